The monoisotopic (exact) mass is 231 g/mol. The Morgan fingerprint density at radius 3 is 2.59 bits per heavy atom. The summed E-state index contributed by atoms with van der Waals surface area (Å²) < 4.78 is 5.38. The van der Waals surface area contributed by atoms with Crippen molar-refractivity contribution in [3.63, 3.8) is 0 Å². The number of imidazole rings is 1. The average molecular weight is 231 g/mol. The smallest absolute Gasteiger partial charge is 0.127 e. The predicted molar refractivity (Wildman–Crippen MR) is 67.1 cm³/mol. The minimum atomic E-state index is -0.292. The lowest BCUT2D eigenvalue weighted by molar-refractivity contribution is 0.407. The third-order valence-electron chi connectivity index (χ3n) is 3.00. The highest BCUT2D eigenvalue weighted by atomic mass is 16.5. The minimum Gasteiger partial charge on any atom is -0.496 e. The van der Waals surface area contributed by atoms with E-state index >= 15 is 0 Å². The van der Waals surface area contributed by atoms with E-state index < -0.39 is 0 Å². The second-order valence-corrected chi connectivity index (χ2v) is 4.13. The van der Waals surface area contributed by atoms with E-state index in [2.05, 4.69) is 29.9 Å². The highest BCUT2D eigenvalue weighted by molar-refractivity contribution is 5.45. The molecule has 4 nitrogen and oxygen atoms in total. The number of benzene rings is 1. The standard InChI is InChI=1S/C13H17N3O/c1-8-6-10(11(17-3)7-9(8)2)12(14)13-15-4-5-16-13/h4-7,12H,14H2,1-3H3,(H,15,16). The van der Waals surface area contributed by atoms with Crippen molar-refractivity contribution >= 4 is 0 Å². The van der Waals surface area contributed by atoms with Crippen molar-refractivity contribution < 1.29 is 4.74 Å². The Labute approximate surface area is 101 Å². The molecule has 0 fully saturated rings. The van der Waals surface area contributed by atoms with Gasteiger partial charge in [0.25, 0.3) is 0 Å². The molecule has 0 spiro atoms. The zero-order chi connectivity index (χ0) is 12.4. The van der Waals surface area contributed by atoms with Gasteiger partial charge in [-0.2, -0.15) is 0 Å². The van der Waals surface area contributed by atoms with Gasteiger partial charge in [0.1, 0.15) is 11.6 Å². The van der Waals surface area contributed by atoms with Crippen molar-refractivity contribution in [1.82, 2.24) is 9.97 Å². The molecule has 17 heavy (non-hydrogen) atoms. The predicted octanol–water partition coefficient (Wildman–Crippen LogP) is 2.08. The van der Waals surface area contributed by atoms with Gasteiger partial charge in [0.2, 0.25) is 0 Å². The van der Waals surface area contributed by atoms with Gasteiger partial charge < -0.3 is 15.5 Å². The van der Waals surface area contributed by atoms with Crippen LogP contribution in [-0.2, 0) is 0 Å². The van der Waals surface area contributed by atoms with Crippen LogP contribution >= 0.6 is 0 Å². The van der Waals surface area contributed by atoms with E-state index in [9.17, 15) is 0 Å². The molecule has 0 aliphatic heterocycles. The van der Waals surface area contributed by atoms with Crippen molar-refractivity contribution in [2.24, 2.45) is 5.73 Å². The van der Waals surface area contributed by atoms with Crippen LogP contribution in [0, 0.1) is 13.8 Å². The van der Waals surface area contributed by atoms with Crippen LogP contribution in [0.25, 0.3) is 0 Å². The zero-order valence-electron chi connectivity index (χ0n) is 10.3. The van der Waals surface area contributed by atoms with E-state index in [4.69, 9.17) is 10.5 Å². The van der Waals surface area contributed by atoms with Crippen LogP contribution in [-0.4, -0.2) is 17.1 Å². The summed E-state index contributed by atoms with van der Waals surface area (Å²) in [5.74, 6) is 1.54. The Morgan fingerprint density at radius 1 is 1.29 bits per heavy atom. The molecule has 3 N–H and O–H groups in total. The van der Waals surface area contributed by atoms with Gasteiger partial charge in [0, 0.05) is 18.0 Å². The van der Waals surface area contributed by atoms with Gasteiger partial charge >= 0.3 is 0 Å². The Kier molecular flexibility index (Phi) is 3.15. The second kappa shape index (κ2) is 4.59. The molecule has 0 saturated heterocycles. The summed E-state index contributed by atoms with van der Waals surface area (Å²) in [7, 11) is 1.66. The van der Waals surface area contributed by atoms with E-state index in [1.807, 2.05) is 6.07 Å². The van der Waals surface area contributed by atoms with E-state index in [1.54, 1.807) is 19.5 Å². The molecule has 2 aromatic rings. The molecule has 1 atom stereocenters. The third kappa shape index (κ3) is 2.17. The number of hydrogen-bond acceptors (Lipinski definition) is 3. The van der Waals surface area contributed by atoms with Gasteiger partial charge in [-0.1, -0.05) is 6.07 Å². The number of nitrogens with zero attached hydrogens (tertiary/aromatic N) is 1. The molecule has 0 bridgehead atoms. The molecule has 1 heterocycles. The first-order chi connectivity index (χ1) is 8.13. The lowest BCUT2D eigenvalue weighted by Gasteiger charge is -2.16. The van der Waals surface area contributed by atoms with E-state index in [-0.39, 0.29) is 6.04 Å². The second-order valence-electron chi connectivity index (χ2n) is 4.13. The highest BCUT2D eigenvalue weighted by Crippen LogP contribution is 2.29. The largest absolute Gasteiger partial charge is 0.496 e. The summed E-state index contributed by atoms with van der Waals surface area (Å²) in [6, 6.07) is 3.77. The van der Waals surface area contributed by atoms with Gasteiger partial charge in [0.15, 0.2) is 0 Å². The lowest BCUT2D eigenvalue weighted by atomic mass is 10.00. The molecule has 4 heteroatoms. The van der Waals surface area contributed by atoms with E-state index in [0.717, 1.165) is 17.1 Å². The maximum atomic E-state index is 6.18. The maximum Gasteiger partial charge on any atom is 0.127 e. The molecule has 0 aliphatic rings. The molecular weight excluding hydrogens is 214 g/mol. The fourth-order valence-electron chi connectivity index (χ4n) is 1.83. The number of nitrogens with one attached hydrogen (secondary N) is 1. The van der Waals surface area contributed by atoms with Crippen LogP contribution in [0.2, 0.25) is 0 Å². The van der Waals surface area contributed by atoms with Crippen LogP contribution in [0.15, 0.2) is 24.5 Å². The quantitative estimate of drug-likeness (QED) is 0.850. The third-order valence-corrected chi connectivity index (χ3v) is 3.00. The Hall–Kier alpha value is -1.81. The molecule has 0 saturated carbocycles. The average Bonchev–Trinajstić information content (AvgIpc) is 2.84. The van der Waals surface area contributed by atoms with Crippen LogP contribution in [0.5, 0.6) is 5.75 Å². The highest BCUT2D eigenvalue weighted by Gasteiger charge is 2.17. The zero-order valence-corrected chi connectivity index (χ0v) is 10.3. The summed E-state index contributed by atoms with van der Waals surface area (Å²) in [5.41, 5.74) is 9.52. The number of H-pyrrole nitrogens is 1. The Balaban J connectivity index is 2.47. The van der Waals surface area contributed by atoms with Gasteiger partial charge in [-0.3, -0.25) is 0 Å². The van der Waals surface area contributed by atoms with Gasteiger partial charge in [-0.25, -0.2) is 4.98 Å². The van der Waals surface area contributed by atoms with Crippen molar-refractivity contribution in [1.29, 1.82) is 0 Å². The molecule has 0 amide bonds. The molecule has 0 radical (unpaired) electrons. The van der Waals surface area contributed by atoms with Crippen molar-refractivity contribution in [2.75, 3.05) is 7.11 Å². The van der Waals surface area contributed by atoms with Gasteiger partial charge in [0.05, 0.1) is 13.2 Å². The van der Waals surface area contributed by atoms with Crippen LogP contribution < -0.4 is 10.5 Å². The van der Waals surface area contributed by atoms with Crippen molar-refractivity contribution in [2.45, 2.75) is 19.9 Å². The van der Waals surface area contributed by atoms with Crippen LogP contribution in [0.3, 0.4) is 0 Å². The normalized spacial score (nSPS) is 12.5. The summed E-state index contributed by atoms with van der Waals surface area (Å²) in [4.78, 5) is 7.21. The Bertz CT molecular complexity index is 506. The topological polar surface area (TPSA) is 63.9 Å². The summed E-state index contributed by atoms with van der Waals surface area (Å²) in [6.07, 6.45) is 3.46. The number of rotatable bonds is 3. The molecule has 2 rings (SSSR count). The molecule has 1 aromatic heterocycles. The van der Waals surface area contributed by atoms with E-state index in [0.29, 0.717) is 0 Å². The summed E-state index contributed by atoms with van der Waals surface area (Å²) in [6.45, 7) is 4.12. The number of hydrogen-bond donors (Lipinski definition) is 2. The number of nitrogens with two attached hydrogens (primary N) is 1. The minimum absolute atomic E-state index is 0.292. The molecule has 90 valence electrons. The molecular formula is C13H17N3O. The number of aryl methyl sites for hydroxylation is 2. The molecule has 1 aromatic carbocycles. The van der Waals surface area contributed by atoms with Crippen molar-refractivity contribution in [3.05, 3.63) is 47.0 Å². The number of methoxy groups -OCH3 is 1. The number of ether oxygens (including phenoxy) is 1. The lowest BCUT2D eigenvalue weighted by Crippen LogP contribution is -2.15. The first-order valence-electron chi connectivity index (χ1n) is 5.53. The first-order valence-corrected chi connectivity index (χ1v) is 5.53. The Morgan fingerprint density at radius 2 is 2.00 bits per heavy atom. The summed E-state index contributed by atoms with van der Waals surface area (Å²) >= 11 is 0. The van der Waals surface area contributed by atoms with E-state index in [1.165, 1.54) is 11.1 Å². The first kappa shape index (κ1) is 11.7. The molecule has 1 unspecified atom stereocenters. The van der Waals surface area contributed by atoms with Gasteiger partial charge in [-0.05, 0) is 31.0 Å². The fourth-order valence-corrected chi connectivity index (χ4v) is 1.83. The van der Waals surface area contributed by atoms with Gasteiger partial charge in [-0.15, -0.1) is 0 Å². The van der Waals surface area contributed by atoms with Crippen LogP contribution in [0.1, 0.15) is 28.6 Å². The van der Waals surface area contributed by atoms with Crippen molar-refractivity contribution in [3.8, 4) is 5.75 Å². The number of aromatic amines is 1. The maximum absolute atomic E-state index is 6.18. The summed E-state index contributed by atoms with van der Waals surface area (Å²) in [5, 5.41) is 0. The molecule has 0 aliphatic carbocycles. The number of aromatic nitrogens is 2. The van der Waals surface area contributed by atoms with Crippen LogP contribution in [0.4, 0.5) is 0 Å². The fraction of sp³-hybridized carbons (Fsp3) is 0.308. The SMILES string of the molecule is COc1cc(C)c(C)cc1C(N)c1ncc[nH]1.